The molecule has 1 aliphatic rings. The molecule has 0 fully saturated rings. The van der Waals surface area contributed by atoms with Crippen molar-refractivity contribution >= 4 is 11.8 Å². The summed E-state index contributed by atoms with van der Waals surface area (Å²) >= 11 is 1.65. The van der Waals surface area contributed by atoms with Crippen molar-refractivity contribution in [3.05, 3.63) is 35.7 Å². The zero-order valence-corrected chi connectivity index (χ0v) is 13.1. The summed E-state index contributed by atoms with van der Waals surface area (Å²) in [4.78, 5) is 1.14. The molecule has 2 heterocycles. The third kappa shape index (κ3) is 3.30. The Kier molecular flexibility index (Phi) is 4.60. The van der Waals surface area contributed by atoms with Crippen LogP contribution in [0.4, 0.5) is 0 Å². The fraction of sp³-hybridized carbons (Fsp3) is 0.500. The minimum absolute atomic E-state index is 0.367. The molecule has 112 valence electrons. The van der Waals surface area contributed by atoms with Gasteiger partial charge in [0.25, 0.3) is 0 Å². The maximum absolute atomic E-state index is 9.83. The van der Waals surface area contributed by atoms with E-state index in [9.17, 15) is 5.11 Å². The average molecular weight is 303 g/mol. The molecule has 1 atom stereocenters. The number of aliphatic hydroxyl groups is 1. The van der Waals surface area contributed by atoms with Gasteiger partial charge in [0.2, 0.25) is 0 Å². The molecule has 21 heavy (non-hydrogen) atoms. The first-order valence-corrected chi connectivity index (χ1v) is 8.47. The van der Waals surface area contributed by atoms with Crippen LogP contribution in [0, 0.1) is 0 Å². The van der Waals surface area contributed by atoms with Crippen LogP contribution in [0.5, 0.6) is 0 Å². The highest BCUT2D eigenvalue weighted by molar-refractivity contribution is 7.99. The van der Waals surface area contributed by atoms with Crippen molar-refractivity contribution in [1.82, 2.24) is 14.8 Å². The van der Waals surface area contributed by atoms with Crippen LogP contribution in [0.25, 0.3) is 0 Å². The van der Waals surface area contributed by atoms with Gasteiger partial charge in [0.05, 0.1) is 6.10 Å². The molecule has 0 radical (unpaired) electrons. The minimum atomic E-state index is -0.367. The summed E-state index contributed by atoms with van der Waals surface area (Å²) in [5.74, 6) is 1.12. The van der Waals surface area contributed by atoms with Gasteiger partial charge in [-0.1, -0.05) is 25.5 Å². The van der Waals surface area contributed by atoms with Crippen LogP contribution in [-0.4, -0.2) is 19.9 Å². The van der Waals surface area contributed by atoms with Crippen LogP contribution in [0.1, 0.15) is 50.1 Å². The number of aryl methyl sites for hydroxylation is 1. The van der Waals surface area contributed by atoms with E-state index in [2.05, 4.69) is 26.9 Å². The van der Waals surface area contributed by atoms with Crippen LogP contribution in [0.2, 0.25) is 0 Å². The summed E-state index contributed by atoms with van der Waals surface area (Å²) in [5, 5.41) is 19.5. The van der Waals surface area contributed by atoms with Crippen LogP contribution in [0.3, 0.4) is 0 Å². The van der Waals surface area contributed by atoms with Crippen molar-refractivity contribution in [1.29, 1.82) is 0 Å². The Bertz CT molecular complexity index is 594. The summed E-state index contributed by atoms with van der Waals surface area (Å²) in [5.41, 5.74) is 0.974. The summed E-state index contributed by atoms with van der Waals surface area (Å²) < 4.78 is 2.26. The highest BCUT2D eigenvalue weighted by atomic mass is 32.2. The Morgan fingerprint density at radius 1 is 1.19 bits per heavy atom. The molecule has 3 rings (SSSR count). The fourth-order valence-corrected chi connectivity index (χ4v) is 3.50. The molecule has 0 amide bonds. The number of benzene rings is 1. The maximum Gasteiger partial charge on any atom is 0.196 e. The van der Waals surface area contributed by atoms with Crippen LogP contribution >= 0.6 is 11.8 Å². The quantitative estimate of drug-likeness (QED) is 0.937. The first-order chi connectivity index (χ1) is 10.3. The van der Waals surface area contributed by atoms with Crippen molar-refractivity contribution < 1.29 is 5.11 Å². The highest BCUT2D eigenvalue weighted by Gasteiger charge is 2.15. The van der Waals surface area contributed by atoms with Crippen LogP contribution in [0.15, 0.2) is 34.3 Å². The van der Waals surface area contributed by atoms with E-state index in [1.54, 1.807) is 11.8 Å². The van der Waals surface area contributed by atoms with E-state index in [1.165, 1.54) is 19.3 Å². The number of aliphatic hydroxyl groups excluding tert-OH is 1. The Labute approximate surface area is 129 Å². The van der Waals surface area contributed by atoms with E-state index < -0.39 is 0 Å². The molecule has 0 spiro atoms. The smallest absolute Gasteiger partial charge is 0.196 e. The van der Waals surface area contributed by atoms with Crippen molar-refractivity contribution in [2.75, 3.05) is 0 Å². The van der Waals surface area contributed by atoms with E-state index in [0.29, 0.717) is 0 Å². The van der Waals surface area contributed by atoms with Gasteiger partial charge in [0.15, 0.2) is 5.16 Å². The van der Waals surface area contributed by atoms with Gasteiger partial charge < -0.3 is 9.67 Å². The molecule has 0 aliphatic carbocycles. The molecule has 0 unspecified atom stereocenters. The lowest BCUT2D eigenvalue weighted by molar-refractivity contribution is 0.173. The van der Waals surface area contributed by atoms with Crippen LogP contribution in [-0.2, 0) is 13.0 Å². The third-order valence-electron chi connectivity index (χ3n) is 3.94. The number of hydrogen-bond acceptors (Lipinski definition) is 4. The minimum Gasteiger partial charge on any atom is -0.388 e. The van der Waals surface area contributed by atoms with E-state index in [1.807, 2.05) is 19.1 Å². The third-order valence-corrected chi connectivity index (χ3v) is 4.93. The molecule has 1 aromatic carbocycles. The SMILES string of the molecule is CC[C@@H](O)c1ccc(Sc2nnc3n2CCCCC3)cc1. The molecule has 0 saturated carbocycles. The Morgan fingerprint density at radius 2 is 2.00 bits per heavy atom. The second-order valence-corrected chi connectivity index (χ2v) is 6.50. The molecule has 1 N–H and O–H groups in total. The van der Waals surface area contributed by atoms with E-state index in [-0.39, 0.29) is 6.10 Å². The van der Waals surface area contributed by atoms with E-state index >= 15 is 0 Å². The highest BCUT2D eigenvalue weighted by Crippen LogP contribution is 2.29. The van der Waals surface area contributed by atoms with Gasteiger partial charge in [0.1, 0.15) is 5.82 Å². The largest absolute Gasteiger partial charge is 0.388 e. The van der Waals surface area contributed by atoms with Crippen LogP contribution < -0.4 is 0 Å². The van der Waals surface area contributed by atoms with Gasteiger partial charge in [-0.3, -0.25) is 0 Å². The van der Waals surface area contributed by atoms with Crippen molar-refractivity contribution in [2.24, 2.45) is 0 Å². The predicted octanol–water partition coefficient (Wildman–Crippen LogP) is 3.60. The molecule has 2 aromatic rings. The normalized spacial score (nSPS) is 16.3. The predicted molar refractivity (Wildman–Crippen MR) is 83.4 cm³/mol. The Hall–Kier alpha value is -1.33. The Balaban J connectivity index is 1.76. The lowest BCUT2D eigenvalue weighted by Gasteiger charge is -2.09. The van der Waals surface area contributed by atoms with Crippen molar-refractivity contribution in [3.63, 3.8) is 0 Å². The molecule has 0 saturated heterocycles. The second kappa shape index (κ2) is 6.62. The number of fused-ring (bicyclic) bond motifs is 1. The standard InChI is InChI=1S/C16H21N3OS/c1-2-14(20)12-7-9-13(10-8-12)21-16-18-17-15-6-4-3-5-11-19(15)16/h7-10,14,20H,2-6,11H2,1H3/t14-/m1/s1. The van der Waals surface area contributed by atoms with Gasteiger partial charge in [-0.2, -0.15) is 0 Å². The van der Waals surface area contributed by atoms with Gasteiger partial charge in [-0.25, -0.2) is 0 Å². The zero-order chi connectivity index (χ0) is 14.7. The Morgan fingerprint density at radius 3 is 2.76 bits per heavy atom. The topological polar surface area (TPSA) is 50.9 Å². The second-order valence-electron chi connectivity index (χ2n) is 5.46. The first-order valence-electron chi connectivity index (χ1n) is 7.66. The summed E-state index contributed by atoms with van der Waals surface area (Å²) in [6.45, 7) is 3.01. The maximum atomic E-state index is 9.83. The van der Waals surface area contributed by atoms with Crippen molar-refractivity contribution in [2.45, 2.75) is 61.7 Å². The molecule has 4 nitrogen and oxygen atoms in total. The molecule has 1 aromatic heterocycles. The molecular weight excluding hydrogens is 282 g/mol. The number of nitrogens with zero attached hydrogens (tertiary/aromatic N) is 3. The number of rotatable bonds is 4. The van der Waals surface area contributed by atoms with E-state index in [0.717, 1.165) is 40.8 Å². The van der Waals surface area contributed by atoms with Gasteiger partial charge in [0, 0.05) is 17.9 Å². The van der Waals surface area contributed by atoms with Gasteiger partial charge in [-0.15, -0.1) is 10.2 Å². The lowest BCUT2D eigenvalue weighted by atomic mass is 10.1. The summed E-state index contributed by atoms with van der Waals surface area (Å²) in [6.07, 6.45) is 5.11. The molecular formula is C16H21N3OS. The monoisotopic (exact) mass is 303 g/mol. The first kappa shape index (κ1) is 14.6. The number of hydrogen-bond donors (Lipinski definition) is 1. The lowest BCUT2D eigenvalue weighted by Crippen LogP contribution is -2.02. The molecule has 1 aliphatic heterocycles. The average Bonchev–Trinajstić information content (AvgIpc) is 2.75. The summed E-state index contributed by atoms with van der Waals surface area (Å²) in [6, 6.07) is 8.10. The fourth-order valence-electron chi connectivity index (χ4n) is 2.63. The zero-order valence-electron chi connectivity index (χ0n) is 12.3. The summed E-state index contributed by atoms with van der Waals surface area (Å²) in [7, 11) is 0. The molecule has 0 bridgehead atoms. The van der Waals surface area contributed by atoms with Gasteiger partial charge in [-0.05, 0) is 48.7 Å². The number of aromatic nitrogens is 3. The van der Waals surface area contributed by atoms with Gasteiger partial charge >= 0.3 is 0 Å². The molecule has 5 heteroatoms. The van der Waals surface area contributed by atoms with E-state index in [4.69, 9.17) is 0 Å². The van der Waals surface area contributed by atoms with Crippen molar-refractivity contribution in [3.8, 4) is 0 Å².